The Bertz CT molecular complexity index is 712. The van der Waals surface area contributed by atoms with Crippen LogP contribution in [0, 0.1) is 5.92 Å². The van der Waals surface area contributed by atoms with Crippen molar-refractivity contribution < 1.29 is 8.94 Å². The molecular formula is C18H23FN2OS. The second kappa shape index (κ2) is 6.04. The molecule has 124 valence electrons. The van der Waals surface area contributed by atoms with Crippen molar-refractivity contribution in [2.24, 2.45) is 5.92 Å². The molecule has 4 rings (SSSR count). The number of piperidine rings is 1. The fourth-order valence-corrected chi connectivity index (χ4v) is 4.94. The summed E-state index contributed by atoms with van der Waals surface area (Å²) in [4.78, 5) is 2.02. The molecule has 3 nitrogen and oxygen atoms in total. The zero-order chi connectivity index (χ0) is 16.0. The Morgan fingerprint density at radius 2 is 2.17 bits per heavy atom. The predicted octanol–water partition coefficient (Wildman–Crippen LogP) is 3.97. The molecule has 1 saturated heterocycles. The Kier molecular flexibility index (Phi) is 4.03. The maximum absolute atomic E-state index is 14.3. The third kappa shape index (κ3) is 3.10. The van der Waals surface area contributed by atoms with Gasteiger partial charge in [0.05, 0.1) is 11.7 Å². The Morgan fingerprint density at radius 1 is 1.35 bits per heavy atom. The van der Waals surface area contributed by atoms with E-state index in [1.807, 2.05) is 29.5 Å². The van der Waals surface area contributed by atoms with Gasteiger partial charge < -0.3 is 14.8 Å². The zero-order valence-corrected chi connectivity index (χ0v) is 14.2. The highest BCUT2D eigenvalue weighted by Crippen LogP contribution is 2.42. The number of nitrogens with zero attached hydrogens (tertiary/aromatic N) is 1. The van der Waals surface area contributed by atoms with Crippen LogP contribution in [0.1, 0.15) is 24.8 Å². The number of benzene rings is 1. The lowest BCUT2D eigenvalue weighted by Crippen LogP contribution is -2.46. The van der Waals surface area contributed by atoms with Crippen LogP contribution in [0.5, 0.6) is 0 Å². The first-order valence-electron chi connectivity index (χ1n) is 8.45. The summed E-state index contributed by atoms with van der Waals surface area (Å²) in [5, 5.41) is 6.34. The van der Waals surface area contributed by atoms with E-state index in [1.165, 1.54) is 18.4 Å². The number of hydrogen-bond donors (Lipinski definition) is 1. The summed E-state index contributed by atoms with van der Waals surface area (Å²) in [5.41, 5.74) is 2.06. The van der Waals surface area contributed by atoms with E-state index in [-0.39, 0.29) is 6.04 Å². The first kappa shape index (κ1) is 15.4. The monoisotopic (exact) mass is 334 g/mol. The van der Waals surface area contributed by atoms with Crippen molar-refractivity contribution in [3.8, 4) is 0 Å². The van der Waals surface area contributed by atoms with E-state index in [0.29, 0.717) is 6.54 Å². The van der Waals surface area contributed by atoms with Crippen LogP contribution in [0.2, 0.25) is 0 Å². The SMILES string of the molecule is CN1CC[C@@H](Nc2cccc3c(CC4CC4)c[s+]([O-])c23)[C@@H](F)C1. The van der Waals surface area contributed by atoms with Gasteiger partial charge in [0.25, 0.3) is 0 Å². The third-order valence-electron chi connectivity index (χ3n) is 5.10. The van der Waals surface area contributed by atoms with Gasteiger partial charge >= 0.3 is 0 Å². The van der Waals surface area contributed by atoms with E-state index in [4.69, 9.17) is 0 Å². The molecule has 0 bridgehead atoms. The molecule has 2 aromatic rings. The smallest absolute Gasteiger partial charge is 0.203 e. The van der Waals surface area contributed by atoms with Crippen LogP contribution in [0.15, 0.2) is 23.6 Å². The van der Waals surface area contributed by atoms with Gasteiger partial charge in [0.2, 0.25) is 4.70 Å². The lowest BCUT2D eigenvalue weighted by molar-refractivity contribution is 0.149. The third-order valence-corrected chi connectivity index (χ3v) is 6.44. The van der Waals surface area contributed by atoms with Crippen molar-refractivity contribution in [3.05, 3.63) is 29.1 Å². The topological polar surface area (TPSA) is 38.3 Å². The number of anilines is 1. The Balaban J connectivity index is 1.63. The van der Waals surface area contributed by atoms with Crippen LogP contribution in [0.3, 0.4) is 0 Å². The fourth-order valence-electron chi connectivity index (χ4n) is 3.58. The molecule has 0 amide bonds. The number of rotatable bonds is 4. The van der Waals surface area contributed by atoms with E-state index in [9.17, 15) is 8.94 Å². The van der Waals surface area contributed by atoms with Crippen LogP contribution < -0.4 is 5.32 Å². The summed E-state index contributed by atoms with van der Waals surface area (Å²) in [6.07, 6.45) is 3.49. The highest BCUT2D eigenvalue weighted by Gasteiger charge is 2.30. The molecule has 2 heterocycles. The average molecular weight is 334 g/mol. The number of likely N-dealkylation sites (tertiary alicyclic amines) is 1. The van der Waals surface area contributed by atoms with Gasteiger partial charge in [0, 0.05) is 24.0 Å². The molecule has 1 aliphatic heterocycles. The molecular weight excluding hydrogens is 311 g/mol. The van der Waals surface area contributed by atoms with Crippen LogP contribution >= 0.6 is 10.8 Å². The molecule has 2 aliphatic rings. The molecule has 0 spiro atoms. The number of thiophene rings is 1. The van der Waals surface area contributed by atoms with Gasteiger partial charge in [-0.3, -0.25) is 0 Å². The average Bonchev–Trinajstić information content (AvgIpc) is 3.27. The summed E-state index contributed by atoms with van der Waals surface area (Å²) < 4.78 is 27.7. The number of nitrogens with one attached hydrogen (secondary N) is 1. The zero-order valence-electron chi connectivity index (χ0n) is 13.4. The molecule has 1 aliphatic carbocycles. The lowest BCUT2D eigenvalue weighted by atomic mass is 10.0. The van der Waals surface area contributed by atoms with E-state index in [2.05, 4.69) is 11.4 Å². The van der Waals surface area contributed by atoms with Gasteiger partial charge in [0.15, 0.2) is 0 Å². The van der Waals surface area contributed by atoms with Crippen molar-refractivity contribution in [2.45, 2.75) is 37.9 Å². The molecule has 23 heavy (non-hydrogen) atoms. The van der Waals surface area contributed by atoms with Crippen molar-refractivity contribution in [2.75, 3.05) is 25.5 Å². The van der Waals surface area contributed by atoms with Crippen molar-refractivity contribution >= 4 is 26.5 Å². The molecule has 3 atom stereocenters. The second-order valence-corrected chi connectivity index (χ2v) is 8.33. The molecule has 1 aromatic carbocycles. The van der Waals surface area contributed by atoms with Crippen molar-refractivity contribution in [3.63, 3.8) is 0 Å². The largest absolute Gasteiger partial charge is 0.590 e. The molecule has 1 unspecified atom stereocenters. The molecule has 0 radical (unpaired) electrons. The Labute approximate surface area is 139 Å². The van der Waals surface area contributed by atoms with E-state index in [1.54, 1.807) is 0 Å². The van der Waals surface area contributed by atoms with Crippen LogP contribution in [-0.2, 0) is 6.42 Å². The molecule has 1 aromatic heterocycles. The second-order valence-electron chi connectivity index (χ2n) is 7.09. The summed E-state index contributed by atoms with van der Waals surface area (Å²) in [7, 11) is 0.843. The van der Waals surface area contributed by atoms with Crippen molar-refractivity contribution in [1.82, 2.24) is 4.90 Å². The summed E-state index contributed by atoms with van der Waals surface area (Å²) in [6, 6.07) is 5.80. The number of fused-ring (bicyclic) bond motifs is 1. The van der Waals surface area contributed by atoms with Crippen LogP contribution in [-0.4, -0.2) is 41.8 Å². The maximum atomic E-state index is 14.3. The Morgan fingerprint density at radius 3 is 2.91 bits per heavy atom. The highest BCUT2D eigenvalue weighted by atomic mass is 32.2. The van der Waals surface area contributed by atoms with Gasteiger partial charge in [0.1, 0.15) is 11.6 Å². The molecule has 2 fully saturated rings. The summed E-state index contributed by atoms with van der Waals surface area (Å²) >= 11 is 0. The first-order chi connectivity index (χ1) is 11.1. The van der Waals surface area contributed by atoms with E-state index < -0.39 is 16.9 Å². The number of hydrogen-bond acceptors (Lipinski definition) is 3. The minimum atomic E-state index is -1.11. The van der Waals surface area contributed by atoms with E-state index >= 15 is 0 Å². The minimum absolute atomic E-state index is 0.192. The molecule has 1 N–H and O–H groups in total. The highest BCUT2D eigenvalue weighted by molar-refractivity contribution is 7.30. The Hall–Kier alpha value is -1.17. The maximum Gasteiger partial charge on any atom is 0.203 e. The van der Waals surface area contributed by atoms with Gasteiger partial charge in [-0.15, -0.1) is 0 Å². The molecule has 5 heteroatoms. The lowest BCUT2D eigenvalue weighted by Gasteiger charge is -2.33. The summed E-state index contributed by atoms with van der Waals surface area (Å²) in [5.74, 6) is 0.768. The fraction of sp³-hybridized carbons (Fsp3) is 0.556. The van der Waals surface area contributed by atoms with Gasteiger partial charge in [-0.25, -0.2) is 4.39 Å². The first-order valence-corrected chi connectivity index (χ1v) is 9.67. The standard InChI is InChI=1S/C18H23FN2OS/c1-21-8-7-16(15(19)10-21)20-17-4-2-3-14-13(9-12-5-6-12)11-23(22)18(14)17/h2-4,11-12,15-16,20H,5-10H2,1H3/t15-,16+,23?/m0/s1. The number of alkyl halides is 1. The van der Waals surface area contributed by atoms with Gasteiger partial charge in [-0.1, -0.05) is 6.07 Å². The van der Waals surface area contributed by atoms with E-state index in [0.717, 1.165) is 41.1 Å². The van der Waals surface area contributed by atoms with Crippen molar-refractivity contribution in [1.29, 1.82) is 0 Å². The van der Waals surface area contributed by atoms with Gasteiger partial charge in [-0.05, 0) is 61.5 Å². The van der Waals surface area contributed by atoms with Gasteiger partial charge in [-0.2, -0.15) is 0 Å². The number of halogens is 1. The normalized spacial score (nSPS) is 26.7. The predicted molar refractivity (Wildman–Crippen MR) is 93.5 cm³/mol. The molecule has 1 saturated carbocycles. The quantitative estimate of drug-likeness (QED) is 0.860. The van der Waals surface area contributed by atoms with Crippen LogP contribution in [0.4, 0.5) is 10.1 Å². The minimum Gasteiger partial charge on any atom is -0.590 e. The summed E-state index contributed by atoms with van der Waals surface area (Å²) in [6.45, 7) is 1.35. The van der Waals surface area contributed by atoms with Crippen LogP contribution in [0.25, 0.3) is 10.1 Å².